The summed E-state index contributed by atoms with van der Waals surface area (Å²) in [7, 11) is 0. The average Bonchev–Trinajstić information content (AvgIpc) is 3.30. The van der Waals surface area contributed by atoms with E-state index in [1.54, 1.807) is 4.90 Å². The highest BCUT2D eigenvalue weighted by Gasteiger charge is 2.61. The van der Waals surface area contributed by atoms with Crippen LogP contribution in [0.1, 0.15) is 16.7 Å². The predicted molar refractivity (Wildman–Crippen MR) is 130 cm³/mol. The molecule has 166 valence electrons. The quantitative estimate of drug-likeness (QED) is 0.636. The van der Waals surface area contributed by atoms with Gasteiger partial charge in [-0.1, -0.05) is 66.2 Å². The van der Waals surface area contributed by atoms with Gasteiger partial charge in [-0.05, 0) is 30.7 Å². The van der Waals surface area contributed by atoms with Gasteiger partial charge in [0.15, 0.2) is 0 Å². The maximum Gasteiger partial charge on any atom is 0.269 e. The van der Waals surface area contributed by atoms with Crippen LogP contribution in [-0.2, 0) is 25.8 Å². The van der Waals surface area contributed by atoms with Crippen molar-refractivity contribution in [3.63, 3.8) is 0 Å². The zero-order valence-corrected chi connectivity index (χ0v) is 19.0. The molecule has 0 saturated carbocycles. The molecule has 2 aliphatic heterocycles. The van der Waals surface area contributed by atoms with Crippen LogP contribution in [0.2, 0.25) is 0 Å². The van der Waals surface area contributed by atoms with Gasteiger partial charge in [-0.25, -0.2) is 0 Å². The first-order chi connectivity index (χ1) is 16.0. The minimum Gasteiger partial charge on any atom is -0.350 e. The van der Waals surface area contributed by atoms with Gasteiger partial charge in [0, 0.05) is 17.8 Å². The van der Waals surface area contributed by atoms with Crippen molar-refractivity contribution in [2.45, 2.75) is 18.3 Å². The van der Waals surface area contributed by atoms with Crippen molar-refractivity contribution in [1.29, 1.82) is 0 Å². The van der Waals surface area contributed by atoms with Crippen LogP contribution in [0.3, 0.4) is 0 Å². The van der Waals surface area contributed by atoms with Crippen LogP contribution in [0.4, 0.5) is 11.4 Å². The molecule has 5 rings (SSSR count). The normalized spacial score (nSPS) is 19.3. The number of aryl methyl sites for hydroxylation is 1. The van der Waals surface area contributed by atoms with Crippen LogP contribution >= 0.6 is 11.8 Å². The molecule has 0 unspecified atom stereocenters. The van der Waals surface area contributed by atoms with E-state index in [-0.39, 0.29) is 30.0 Å². The Morgan fingerprint density at radius 2 is 1.67 bits per heavy atom. The molecule has 7 heteroatoms. The Hall–Kier alpha value is -3.58. The van der Waals surface area contributed by atoms with Crippen LogP contribution in [0.25, 0.3) is 0 Å². The zero-order chi connectivity index (χ0) is 23.0. The van der Waals surface area contributed by atoms with Crippen molar-refractivity contribution < 1.29 is 14.4 Å². The number of hydrogen-bond donors (Lipinski definition) is 1. The molecule has 0 aromatic heterocycles. The van der Waals surface area contributed by atoms with Crippen LogP contribution in [0.15, 0.2) is 78.9 Å². The van der Waals surface area contributed by atoms with Crippen LogP contribution in [0, 0.1) is 6.92 Å². The first-order valence-electron chi connectivity index (χ1n) is 10.8. The van der Waals surface area contributed by atoms with Gasteiger partial charge in [0.25, 0.3) is 5.91 Å². The first-order valence-corrected chi connectivity index (χ1v) is 11.7. The van der Waals surface area contributed by atoms with E-state index < -0.39 is 4.87 Å². The molecule has 1 N–H and O–H groups in total. The minimum absolute atomic E-state index is 0.110. The molecule has 1 spiro atoms. The van der Waals surface area contributed by atoms with Crippen molar-refractivity contribution in [2.24, 2.45) is 0 Å². The Morgan fingerprint density at radius 3 is 2.42 bits per heavy atom. The number of carbonyl (C=O) groups excluding carboxylic acids is 3. The number of para-hydroxylation sites is 1. The third-order valence-electron chi connectivity index (χ3n) is 5.99. The highest BCUT2D eigenvalue weighted by Crippen LogP contribution is 2.55. The lowest BCUT2D eigenvalue weighted by molar-refractivity contribution is -0.125. The molecule has 3 aromatic rings. The number of rotatable bonds is 5. The van der Waals surface area contributed by atoms with E-state index in [1.165, 1.54) is 16.7 Å². The maximum atomic E-state index is 13.9. The molecule has 1 fully saturated rings. The van der Waals surface area contributed by atoms with Crippen LogP contribution < -0.4 is 15.1 Å². The topological polar surface area (TPSA) is 69.7 Å². The lowest BCUT2D eigenvalue weighted by Crippen LogP contribution is -2.51. The van der Waals surface area contributed by atoms with Crippen molar-refractivity contribution in [2.75, 3.05) is 22.1 Å². The summed E-state index contributed by atoms with van der Waals surface area (Å²) in [6.07, 6.45) is 0. The molecular formula is C26H23N3O3S. The molecule has 6 nitrogen and oxygen atoms in total. The predicted octanol–water partition coefficient (Wildman–Crippen LogP) is 3.59. The second kappa shape index (κ2) is 8.41. The monoisotopic (exact) mass is 457 g/mol. The second-order valence-corrected chi connectivity index (χ2v) is 9.34. The van der Waals surface area contributed by atoms with Gasteiger partial charge in [-0.3, -0.25) is 24.2 Å². The average molecular weight is 458 g/mol. The number of amides is 3. The molecule has 2 heterocycles. The third kappa shape index (κ3) is 3.58. The fourth-order valence-electron chi connectivity index (χ4n) is 4.40. The summed E-state index contributed by atoms with van der Waals surface area (Å²) in [5.41, 5.74) is 4.13. The van der Waals surface area contributed by atoms with E-state index >= 15 is 0 Å². The highest BCUT2D eigenvalue weighted by atomic mass is 32.2. The van der Waals surface area contributed by atoms with Crippen molar-refractivity contribution in [3.05, 3.63) is 95.6 Å². The number of nitrogens with one attached hydrogen (secondary N) is 1. The first kappa shape index (κ1) is 21.3. The van der Waals surface area contributed by atoms with E-state index in [0.29, 0.717) is 17.9 Å². The Morgan fingerprint density at radius 1 is 0.970 bits per heavy atom. The van der Waals surface area contributed by atoms with Crippen molar-refractivity contribution in [3.8, 4) is 0 Å². The molecule has 0 bridgehead atoms. The Bertz CT molecular complexity index is 1230. The lowest BCUT2D eigenvalue weighted by atomic mass is 10.0. The summed E-state index contributed by atoms with van der Waals surface area (Å²) in [6.45, 7) is 2.25. The molecule has 0 radical (unpaired) electrons. The minimum atomic E-state index is -1.21. The number of hydrogen-bond acceptors (Lipinski definition) is 4. The van der Waals surface area contributed by atoms with E-state index in [4.69, 9.17) is 0 Å². The van der Waals surface area contributed by atoms with Crippen molar-refractivity contribution in [1.82, 2.24) is 5.32 Å². The molecule has 3 aromatic carbocycles. The Balaban J connectivity index is 1.46. The number of carbonyl (C=O) groups is 3. The lowest BCUT2D eigenvalue weighted by Gasteiger charge is -2.33. The fourth-order valence-corrected chi connectivity index (χ4v) is 5.76. The molecule has 0 aliphatic carbocycles. The number of thioether (sulfide) groups is 1. The van der Waals surface area contributed by atoms with Gasteiger partial charge < -0.3 is 5.32 Å². The fraction of sp³-hybridized carbons (Fsp3) is 0.192. The van der Waals surface area contributed by atoms with Crippen molar-refractivity contribution >= 4 is 40.9 Å². The summed E-state index contributed by atoms with van der Waals surface area (Å²) >= 11 is 1.31. The Labute approximate surface area is 196 Å². The molecule has 1 atom stereocenters. The van der Waals surface area contributed by atoms with E-state index in [9.17, 15) is 14.4 Å². The molecule has 33 heavy (non-hydrogen) atoms. The summed E-state index contributed by atoms with van der Waals surface area (Å²) in [5, 5.41) is 2.89. The summed E-state index contributed by atoms with van der Waals surface area (Å²) in [6, 6.07) is 24.6. The second-order valence-electron chi connectivity index (χ2n) is 8.17. The molecule has 1 saturated heterocycles. The van der Waals surface area contributed by atoms with Gasteiger partial charge in [-0.2, -0.15) is 0 Å². The van der Waals surface area contributed by atoms with Gasteiger partial charge >= 0.3 is 0 Å². The SMILES string of the molecule is Cc1ccc(N2C(=O)CS[C@]23C(=O)N(CC(=O)NCc2ccccc2)c2ccccc23)cc1. The number of fused-ring (bicyclic) bond motifs is 2. The summed E-state index contributed by atoms with van der Waals surface area (Å²) in [5.74, 6) is -0.449. The number of benzene rings is 3. The molecule has 3 amide bonds. The number of nitrogens with zero attached hydrogens (tertiary/aromatic N) is 2. The maximum absolute atomic E-state index is 13.9. The van der Waals surface area contributed by atoms with E-state index in [0.717, 1.165) is 16.7 Å². The number of anilines is 2. The standard InChI is InChI=1S/C26H23N3O3S/c1-18-11-13-20(14-12-18)29-24(31)17-33-26(29)21-9-5-6-10-22(21)28(25(26)32)16-23(30)27-15-19-7-3-2-4-8-19/h2-14H,15-17H2,1H3,(H,27,30)/t26-/m1/s1. The largest absolute Gasteiger partial charge is 0.350 e. The summed E-state index contributed by atoms with van der Waals surface area (Å²) in [4.78, 5) is 41.6. The molecular weight excluding hydrogens is 434 g/mol. The van der Waals surface area contributed by atoms with Crippen LogP contribution in [-0.4, -0.2) is 30.0 Å². The molecule has 2 aliphatic rings. The highest BCUT2D eigenvalue weighted by molar-refractivity contribution is 8.02. The van der Waals surface area contributed by atoms with Gasteiger partial charge in [-0.15, -0.1) is 11.8 Å². The van der Waals surface area contributed by atoms with Crippen LogP contribution in [0.5, 0.6) is 0 Å². The zero-order valence-electron chi connectivity index (χ0n) is 18.2. The van der Waals surface area contributed by atoms with Gasteiger partial charge in [0.1, 0.15) is 6.54 Å². The van der Waals surface area contributed by atoms with Gasteiger partial charge in [0.05, 0.1) is 11.4 Å². The third-order valence-corrected chi connectivity index (χ3v) is 7.38. The van der Waals surface area contributed by atoms with Gasteiger partial charge in [0.2, 0.25) is 16.7 Å². The Kier molecular flexibility index (Phi) is 5.42. The summed E-state index contributed by atoms with van der Waals surface area (Å²) < 4.78 is 0. The van der Waals surface area contributed by atoms with E-state index in [1.807, 2.05) is 85.8 Å². The smallest absolute Gasteiger partial charge is 0.269 e. The van der Waals surface area contributed by atoms with E-state index in [2.05, 4.69) is 5.32 Å².